The number of nitrogens with zero attached hydrogens (tertiary/aromatic N) is 1. The lowest BCUT2D eigenvalue weighted by Gasteiger charge is -2.12. The summed E-state index contributed by atoms with van der Waals surface area (Å²) in [6, 6.07) is 6.90. The van der Waals surface area contributed by atoms with Crippen LogP contribution in [0.1, 0.15) is 12.0 Å². The van der Waals surface area contributed by atoms with E-state index in [1.807, 2.05) is 0 Å². The van der Waals surface area contributed by atoms with E-state index >= 15 is 0 Å². The van der Waals surface area contributed by atoms with Crippen LogP contribution < -0.4 is 5.32 Å². The molecule has 6 nitrogen and oxygen atoms in total. The minimum Gasteiger partial charge on any atom is -0.385 e. The number of hydrogen-bond donors (Lipinski definition) is 1. The molecule has 24 heavy (non-hydrogen) atoms. The second-order valence-corrected chi connectivity index (χ2v) is 6.45. The fourth-order valence-corrected chi connectivity index (χ4v) is 2.95. The molecule has 0 atom stereocenters. The zero-order valence-corrected chi connectivity index (χ0v) is 14.7. The van der Waals surface area contributed by atoms with Crippen LogP contribution in [0.25, 0.3) is 6.08 Å². The van der Waals surface area contributed by atoms with Crippen molar-refractivity contribution >= 4 is 46.5 Å². The SMILES string of the molecule is COCCCNC(=O)CN1C(=O)S/C(=C\c2ccc(Cl)cc2)C1=O. The molecule has 1 N–H and O–H groups in total. The highest BCUT2D eigenvalue weighted by molar-refractivity contribution is 8.18. The highest BCUT2D eigenvalue weighted by atomic mass is 35.5. The first-order chi connectivity index (χ1) is 11.5. The molecule has 1 heterocycles. The van der Waals surface area contributed by atoms with Crippen LogP contribution in [0.3, 0.4) is 0 Å². The van der Waals surface area contributed by atoms with Gasteiger partial charge in [0.05, 0.1) is 4.91 Å². The molecule has 1 aliphatic rings. The van der Waals surface area contributed by atoms with Crippen molar-refractivity contribution in [3.63, 3.8) is 0 Å². The van der Waals surface area contributed by atoms with Gasteiger partial charge in [-0.1, -0.05) is 23.7 Å². The molecule has 1 aliphatic heterocycles. The summed E-state index contributed by atoms with van der Waals surface area (Å²) in [5.41, 5.74) is 0.758. The van der Waals surface area contributed by atoms with Crippen molar-refractivity contribution in [1.82, 2.24) is 10.2 Å². The number of imide groups is 1. The molecule has 2 rings (SSSR count). The number of amides is 3. The minimum atomic E-state index is -0.466. The standard InChI is InChI=1S/C16H17ClN2O4S/c1-23-8-2-7-18-14(20)10-19-15(21)13(24-16(19)22)9-11-3-5-12(17)6-4-11/h3-6,9H,2,7-8,10H2,1H3,(H,18,20)/b13-9-. The van der Waals surface area contributed by atoms with E-state index in [0.717, 1.165) is 22.2 Å². The van der Waals surface area contributed by atoms with Crippen molar-refractivity contribution in [3.8, 4) is 0 Å². The van der Waals surface area contributed by atoms with Crippen molar-refractivity contribution in [2.24, 2.45) is 0 Å². The van der Waals surface area contributed by atoms with Gasteiger partial charge in [-0.3, -0.25) is 19.3 Å². The van der Waals surface area contributed by atoms with Gasteiger partial charge in [0.2, 0.25) is 5.91 Å². The van der Waals surface area contributed by atoms with Crippen molar-refractivity contribution < 1.29 is 19.1 Å². The lowest BCUT2D eigenvalue weighted by atomic mass is 10.2. The number of benzene rings is 1. The Bertz CT molecular complexity index is 661. The summed E-state index contributed by atoms with van der Waals surface area (Å²) in [5.74, 6) is -0.840. The average Bonchev–Trinajstić information content (AvgIpc) is 2.81. The Morgan fingerprint density at radius 3 is 2.71 bits per heavy atom. The summed E-state index contributed by atoms with van der Waals surface area (Å²) in [5, 5.41) is 2.78. The van der Waals surface area contributed by atoms with Gasteiger partial charge in [-0.25, -0.2) is 0 Å². The molecular formula is C16H17ClN2O4S. The zero-order valence-electron chi connectivity index (χ0n) is 13.1. The Kier molecular flexibility index (Phi) is 6.84. The van der Waals surface area contributed by atoms with Crippen LogP contribution in [-0.4, -0.2) is 48.8 Å². The molecule has 128 valence electrons. The molecule has 1 saturated heterocycles. The van der Waals surface area contributed by atoms with Gasteiger partial charge in [0.1, 0.15) is 6.54 Å². The maximum absolute atomic E-state index is 12.3. The summed E-state index contributed by atoms with van der Waals surface area (Å²) < 4.78 is 4.88. The van der Waals surface area contributed by atoms with Gasteiger partial charge >= 0.3 is 0 Å². The van der Waals surface area contributed by atoms with Gasteiger partial charge in [0, 0.05) is 25.3 Å². The summed E-state index contributed by atoms with van der Waals surface area (Å²) in [7, 11) is 1.58. The van der Waals surface area contributed by atoms with Gasteiger partial charge in [0.15, 0.2) is 0 Å². The van der Waals surface area contributed by atoms with Gasteiger partial charge < -0.3 is 10.1 Å². The average molecular weight is 369 g/mol. The molecule has 1 aromatic rings. The predicted octanol–water partition coefficient (Wildman–Crippen LogP) is 2.53. The molecule has 1 fully saturated rings. The van der Waals surface area contributed by atoms with E-state index in [0.29, 0.717) is 24.6 Å². The number of rotatable bonds is 7. The van der Waals surface area contributed by atoms with E-state index in [1.54, 1.807) is 37.5 Å². The normalized spacial score (nSPS) is 16.1. The molecule has 0 aromatic heterocycles. The molecular weight excluding hydrogens is 352 g/mol. The summed E-state index contributed by atoms with van der Waals surface area (Å²) >= 11 is 6.63. The maximum Gasteiger partial charge on any atom is 0.294 e. The Morgan fingerprint density at radius 2 is 2.04 bits per heavy atom. The number of nitrogens with one attached hydrogen (secondary N) is 1. The smallest absolute Gasteiger partial charge is 0.294 e. The van der Waals surface area contributed by atoms with E-state index in [9.17, 15) is 14.4 Å². The number of carbonyl (C=O) groups excluding carboxylic acids is 3. The second kappa shape index (κ2) is 8.86. The number of methoxy groups -OCH3 is 1. The molecule has 0 saturated carbocycles. The minimum absolute atomic E-state index is 0.282. The van der Waals surface area contributed by atoms with Crippen LogP contribution in [0.2, 0.25) is 5.02 Å². The largest absolute Gasteiger partial charge is 0.385 e. The third-order valence-electron chi connectivity index (χ3n) is 3.19. The second-order valence-electron chi connectivity index (χ2n) is 5.02. The van der Waals surface area contributed by atoms with E-state index < -0.39 is 11.1 Å². The van der Waals surface area contributed by atoms with Crippen LogP contribution in [0.4, 0.5) is 4.79 Å². The third kappa shape index (κ3) is 5.09. The van der Waals surface area contributed by atoms with Crippen LogP contribution >= 0.6 is 23.4 Å². The number of ether oxygens (including phenoxy) is 1. The highest BCUT2D eigenvalue weighted by Crippen LogP contribution is 2.32. The van der Waals surface area contributed by atoms with Gasteiger partial charge in [0.25, 0.3) is 11.1 Å². The number of halogens is 1. The molecule has 8 heteroatoms. The lowest BCUT2D eigenvalue weighted by Crippen LogP contribution is -2.39. The van der Waals surface area contributed by atoms with Crippen LogP contribution in [0.15, 0.2) is 29.2 Å². The molecule has 1 aromatic carbocycles. The zero-order chi connectivity index (χ0) is 17.5. The van der Waals surface area contributed by atoms with E-state index in [2.05, 4.69) is 5.32 Å². The van der Waals surface area contributed by atoms with E-state index in [4.69, 9.17) is 16.3 Å². The molecule has 0 bridgehead atoms. The van der Waals surface area contributed by atoms with Crippen molar-refractivity contribution in [3.05, 3.63) is 39.8 Å². The van der Waals surface area contributed by atoms with Gasteiger partial charge in [-0.05, 0) is 42.0 Å². The first kappa shape index (κ1) is 18.5. The first-order valence-electron chi connectivity index (χ1n) is 7.28. The van der Waals surface area contributed by atoms with E-state index in [-0.39, 0.29) is 17.4 Å². The Morgan fingerprint density at radius 1 is 1.33 bits per heavy atom. The van der Waals surface area contributed by atoms with Crippen molar-refractivity contribution in [2.45, 2.75) is 6.42 Å². The quantitative estimate of drug-likeness (QED) is 0.591. The summed E-state index contributed by atoms with van der Waals surface area (Å²) in [6.45, 7) is 0.685. The number of carbonyl (C=O) groups is 3. The van der Waals surface area contributed by atoms with Crippen molar-refractivity contribution in [2.75, 3.05) is 26.8 Å². The number of thioether (sulfide) groups is 1. The lowest BCUT2D eigenvalue weighted by molar-refractivity contribution is -0.129. The Hall–Kier alpha value is -1.83. The Labute approximate surface area is 149 Å². The van der Waals surface area contributed by atoms with Crippen LogP contribution in [0.5, 0.6) is 0 Å². The number of hydrogen-bond acceptors (Lipinski definition) is 5. The van der Waals surface area contributed by atoms with Crippen LogP contribution in [-0.2, 0) is 14.3 Å². The molecule has 0 spiro atoms. The topological polar surface area (TPSA) is 75.7 Å². The molecule has 0 unspecified atom stereocenters. The maximum atomic E-state index is 12.3. The van der Waals surface area contributed by atoms with Crippen LogP contribution in [0, 0.1) is 0 Å². The fraction of sp³-hybridized carbons (Fsp3) is 0.312. The van der Waals surface area contributed by atoms with Crippen molar-refractivity contribution in [1.29, 1.82) is 0 Å². The fourth-order valence-electron chi connectivity index (χ4n) is 1.99. The van der Waals surface area contributed by atoms with Gasteiger partial charge in [-0.15, -0.1) is 0 Å². The Balaban J connectivity index is 1.96. The molecule has 0 radical (unpaired) electrons. The monoisotopic (exact) mass is 368 g/mol. The third-order valence-corrected chi connectivity index (χ3v) is 4.35. The van der Waals surface area contributed by atoms with E-state index in [1.165, 1.54) is 0 Å². The summed E-state index contributed by atoms with van der Waals surface area (Å²) in [4.78, 5) is 37.3. The predicted molar refractivity (Wildman–Crippen MR) is 93.6 cm³/mol. The van der Waals surface area contributed by atoms with Gasteiger partial charge in [-0.2, -0.15) is 0 Å². The highest BCUT2D eigenvalue weighted by Gasteiger charge is 2.36. The summed E-state index contributed by atoms with van der Waals surface area (Å²) in [6.07, 6.45) is 2.28. The molecule has 3 amide bonds. The first-order valence-corrected chi connectivity index (χ1v) is 8.47. The molecule has 0 aliphatic carbocycles.